The Labute approximate surface area is 228 Å². The molecule has 2 atom stereocenters. The zero-order valence-electron chi connectivity index (χ0n) is 22.9. The lowest BCUT2D eigenvalue weighted by molar-refractivity contribution is -0.0249. The molecule has 0 radical (unpaired) electrons. The van der Waals surface area contributed by atoms with Gasteiger partial charge in [0.2, 0.25) is 5.88 Å². The van der Waals surface area contributed by atoms with Gasteiger partial charge >= 0.3 is 12.1 Å². The largest absolute Gasteiger partial charge is 0.459 e. The van der Waals surface area contributed by atoms with Crippen molar-refractivity contribution >= 4 is 23.4 Å². The van der Waals surface area contributed by atoms with Gasteiger partial charge in [0.1, 0.15) is 11.7 Å². The summed E-state index contributed by atoms with van der Waals surface area (Å²) < 4.78 is 13.1. The molecule has 0 aliphatic heterocycles. The summed E-state index contributed by atoms with van der Waals surface area (Å²) in [7, 11) is 0. The maximum Gasteiger partial charge on any atom is 0.416 e. The maximum absolute atomic E-state index is 13.7. The first-order valence-electron chi connectivity index (χ1n) is 13.2. The average molecular weight is 530 g/mol. The van der Waals surface area contributed by atoms with Crippen LogP contribution >= 0.6 is 0 Å². The van der Waals surface area contributed by atoms with E-state index in [9.17, 15) is 9.59 Å². The van der Waals surface area contributed by atoms with Crippen LogP contribution in [-0.2, 0) is 4.74 Å². The van der Waals surface area contributed by atoms with Crippen molar-refractivity contribution in [3.63, 3.8) is 0 Å². The summed E-state index contributed by atoms with van der Waals surface area (Å²) in [5.41, 5.74) is 1.85. The molecule has 3 aromatic rings. The molecule has 9 heteroatoms. The third-order valence-electron chi connectivity index (χ3n) is 7.21. The fourth-order valence-electron chi connectivity index (χ4n) is 5.49. The van der Waals surface area contributed by atoms with E-state index in [1.807, 2.05) is 31.2 Å². The van der Waals surface area contributed by atoms with Crippen LogP contribution < -0.4 is 4.74 Å². The molecule has 1 aliphatic carbocycles. The van der Waals surface area contributed by atoms with Gasteiger partial charge in [0, 0.05) is 18.7 Å². The summed E-state index contributed by atoms with van der Waals surface area (Å²) in [6.45, 7) is 24.1. The van der Waals surface area contributed by atoms with Gasteiger partial charge in [-0.15, -0.1) is 13.2 Å². The molecule has 2 heterocycles. The molecule has 1 fully saturated rings. The molecule has 1 aromatic carbocycles. The lowest BCUT2D eigenvalue weighted by atomic mass is 9.75. The van der Waals surface area contributed by atoms with E-state index < -0.39 is 12.1 Å². The highest BCUT2D eigenvalue weighted by atomic mass is 16.6. The van der Waals surface area contributed by atoms with Gasteiger partial charge in [0.25, 0.3) is 5.69 Å². The SMILES string of the molecule is [C-]#[N+]c1c(C(=O)OC2C(C)CC(C)CC2C)c2nc(-c3ccc(C)cc3)[nH]n2c1OC(=O)N(CC=C)CC=C. The van der Waals surface area contributed by atoms with Crippen molar-refractivity contribution in [2.45, 2.75) is 46.6 Å². The number of nitrogens with one attached hydrogen (secondary N) is 1. The number of ether oxygens (including phenoxy) is 2. The molecule has 1 amide bonds. The van der Waals surface area contributed by atoms with E-state index in [1.165, 1.54) is 9.42 Å². The number of aromatic amines is 1. The molecule has 204 valence electrons. The molecule has 1 saturated carbocycles. The normalized spacial score (nSPS) is 20.7. The number of hydrogen-bond donors (Lipinski definition) is 1. The van der Waals surface area contributed by atoms with E-state index in [4.69, 9.17) is 16.0 Å². The molecule has 1 aliphatic rings. The van der Waals surface area contributed by atoms with Crippen LogP contribution in [0.3, 0.4) is 0 Å². The van der Waals surface area contributed by atoms with Gasteiger partial charge in [-0.2, -0.15) is 0 Å². The van der Waals surface area contributed by atoms with E-state index in [2.05, 4.69) is 48.9 Å². The van der Waals surface area contributed by atoms with Gasteiger partial charge in [0.05, 0.1) is 6.57 Å². The summed E-state index contributed by atoms with van der Waals surface area (Å²) in [5, 5.41) is 3.10. The minimum Gasteiger partial charge on any atom is -0.459 e. The van der Waals surface area contributed by atoms with E-state index in [0.29, 0.717) is 11.7 Å². The van der Waals surface area contributed by atoms with Crippen LogP contribution in [0.4, 0.5) is 10.5 Å². The number of aromatic nitrogens is 3. The monoisotopic (exact) mass is 529 g/mol. The van der Waals surface area contributed by atoms with Gasteiger partial charge in [-0.3, -0.25) is 5.10 Å². The number of aryl methyl sites for hydroxylation is 1. The van der Waals surface area contributed by atoms with Crippen molar-refractivity contribution in [3.05, 3.63) is 72.1 Å². The minimum atomic E-state index is -0.714. The second-order valence-electron chi connectivity index (χ2n) is 10.5. The van der Waals surface area contributed by atoms with Gasteiger partial charge in [-0.05, 0) is 37.5 Å². The van der Waals surface area contributed by atoms with Crippen LogP contribution in [0, 0.1) is 31.2 Å². The Morgan fingerprint density at radius 1 is 1.15 bits per heavy atom. The zero-order valence-corrected chi connectivity index (χ0v) is 22.9. The topological polar surface area (TPSA) is 93.3 Å². The summed E-state index contributed by atoms with van der Waals surface area (Å²) >= 11 is 0. The predicted octanol–water partition coefficient (Wildman–Crippen LogP) is 6.59. The minimum absolute atomic E-state index is 0.0283. The number of benzene rings is 1. The summed E-state index contributed by atoms with van der Waals surface area (Å²) in [4.78, 5) is 36.4. The number of carbonyl (C=O) groups excluding carboxylic acids is 2. The average Bonchev–Trinajstić information content (AvgIpc) is 3.43. The molecule has 2 unspecified atom stereocenters. The lowest BCUT2D eigenvalue weighted by Gasteiger charge is -2.37. The number of H-pyrrole nitrogens is 1. The Morgan fingerprint density at radius 2 is 1.77 bits per heavy atom. The molecule has 9 nitrogen and oxygen atoms in total. The van der Waals surface area contributed by atoms with Crippen LogP contribution in [0.5, 0.6) is 5.88 Å². The van der Waals surface area contributed by atoms with Crippen molar-refractivity contribution in [1.82, 2.24) is 19.5 Å². The third-order valence-corrected chi connectivity index (χ3v) is 7.21. The molecule has 39 heavy (non-hydrogen) atoms. The van der Waals surface area contributed by atoms with E-state index in [1.54, 1.807) is 12.2 Å². The van der Waals surface area contributed by atoms with Crippen LogP contribution in [0.1, 0.15) is 49.5 Å². The molecule has 0 spiro atoms. The number of fused-ring (bicyclic) bond motifs is 1. The van der Waals surface area contributed by atoms with Gasteiger partial charge in [-0.25, -0.2) is 23.9 Å². The molecule has 4 rings (SSSR count). The maximum atomic E-state index is 13.7. The van der Waals surface area contributed by atoms with Crippen molar-refractivity contribution in [2.24, 2.45) is 17.8 Å². The molecular formula is C30H35N5O4. The number of esters is 1. The zero-order chi connectivity index (χ0) is 28.3. The first-order valence-corrected chi connectivity index (χ1v) is 13.2. The van der Waals surface area contributed by atoms with Gasteiger partial charge < -0.3 is 14.4 Å². The Hall–Kier alpha value is -4.32. The highest BCUT2D eigenvalue weighted by Crippen LogP contribution is 2.41. The van der Waals surface area contributed by atoms with Crippen LogP contribution in [0.15, 0.2) is 49.6 Å². The van der Waals surface area contributed by atoms with Crippen LogP contribution in [-0.4, -0.2) is 50.8 Å². The summed E-state index contributed by atoms with van der Waals surface area (Å²) in [6.07, 6.45) is 4.03. The van der Waals surface area contributed by atoms with Crippen LogP contribution in [0.2, 0.25) is 0 Å². The fourth-order valence-corrected chi connectivity index (χ4v) is 5.49. The number of amides is 1. The highest BCUT2D eigenvalue weighted by Gasteiger charge is 2.37. The highest BCUT2D eigenvalue weighted by molar-refractivity contribution is 6.05. The quantitative estimate of drug-likeness (QED) is 0.202. The van der Waals surface area contributed by atoms with Crippen molar-refractivity contribution in [1.29, 1.82) is 0 Å². The third kappa shape index (κ3) is 5.60. The smallest absolute Gasteiger partial charge is 0.416 e. The number of carbonyl (C=O) groups is 2. The summed E-state index contributed by atoms with van der Waals surface area (Å²) in [6, 6.07) is 7.69. The molecule has 0 bridgehead atoms. The Morgan fingerprint density at radius 3 is 2.33 bits per heavy atom. The second-order valence-corrected chi connectivity index (χ2v) is 10.5. The lowest BCUT2D eigenvalue weighted by Crippen LogP contribution is -2.37. The summed E-state index contributed by atoms with van der Waals surface area (Å²) in [5.74, 6) is 0.569. The number of hydrogen-bond acceptors (Lipinski definition) is 5. The van der Waals surface area contributed by atoms with E-state index >= 15 is 0 Å². The molecule has 2 aromatic heterocycles. The number of nitrogens with zero attached hydrogens (tertiary/aromatic N) is 4. The van der Waals surface area contributed by atoms with Gasteiger partial charge in [0.15, 0.2) is 11.5 Å². The van der Waals surface area contributed by atoms with Crippen LogP contribution in [0.25, 0.3) is 21.9 Å². The van der Waals surface area contributed by atoms with Crippen molar-refractivity contribution < 1.29 is 19.1 Å². The molecule has 0 saturated heterocycles. The Bertz CT molecular complexity index is 1410. The first kappa shape index (κ1) is 27.7. The standard InChI is InChI=1S/C30H35N5O4/c1-8-14-34(15-9-2)30(37)39-28-24(31-7)23(29(36)38-25-20(5)16-19(4)17-21(25)6)27-32-26(33-35(27)28)22-12-10-18(3)11-13-22/h8-13,19-21,25H,1-2,14-17H2,3-6H3,(H,32,33). The fraction of sp³-hybridized carbons (Fsp3) is 0.400. The van der Waals surface area contributed by atoms with E-state index in [-0.39, 0.29) is 53.8 Å². The second kappa shape index (κ2) is 11.6. The van der Waals surface area contributed by atoms with Crippen molar-refractivity contribution in [3.8, 4) is 17.3 Å². The Balaban J connectivity index is 1.80. The van der Waals surface area contributed by atoms with Gasteiger partial charge in [-0.1, -0.05) is 62.8 Å². The Kier molecular flexibility index (Phi) is 8.24. The molecular weight excluding hydrogens is 494 g/mol. The number of rotatable bonds is 8. The van der Waals surface area contributed by atoms with Crippen molar-refractivity contribution in [2.75, 3.05) is 13.1 Å². The predicted molar refractivity (Wildman–Crippen MR) is 150 cm³/mol. The first-order chi connectivity index (χ1) is 18.7. The molecule has 1 N–H and O–H groups in total. The van der Waals surface area contributed by atoms with E-state index in [0.717, 1.165) is 24.0 Å².